The maximum Gasteiger partial charge on any atom is 0.245 e. The third-order valence-electron chi connectivity index (χ3n) is 4.42. The Bertz CT molecular complexity index is 691. The zero-order chi connectivity index (χ0) is 18.4. The summed E-state index contributed by atoms with van der Waals surface area (Å²) < 4.78 is 40.6. The van der Waals surface area contributed by atoms with E-state index in [9.17, 15) is 17.6 Å². The van der Waals surface area contributed by atoms with Crippen LogP contribution in [0.1, 0.15) is 39.5 Å². The normalized spacial score (nSPS) is 19.1. The monoisotopic (exact) mass is 370 g/mol. The zero-order valence-corrected chi connectivity index (χ0v) is 15.7. The molecule has 1 atom stereocenters. The molecule has 0 radical (unpaired) electrons. The van der Waals surface area contributed by atoms with Crippen molar-refractivity contribution in [1.82, 2.24) is 9.62 Å². The van der Waals surface area contributed by atoms with E-state index in [-0.39, 0.29) is 16.7 Å². The maximum absolute atomic E-state index is 13.9. The smallest absolute Gasteiger partial charge is 0.245 e. The van der Waals surface area contributed by atoms with Crippen LogP contribution in [0.4, 0.5) is 4.39 Å². The summed E-state index contributed by atoms with van der Waals surface area (Å²) in [6, 6.07) is 5.46. The van der Waals surface area contributed by atoms with Gasteiger partial charge in [0.15, 0.2) is 0 Å². The molecular formula is C18H27FN2O3S. The van der Waals surface area contributed by atoms with Gasteiger partial charge in [-0.15, -0.1) is 0 Å². The van der Waals surface area contributed by atoms with E-state index in [1.807, 2.05) is 13.8 Å². The van der Waals surface area contributed by atoms with E-state index in [4.69, 9.17) is 0 Å². The van der Waals surface area contributed by atoms with E-state index in [2.05, 4.69) is 5.32 Å². The summed E-state index contributed by atoms with van der Waals surface area (Å²) in [5.74, 6) is -0.194. The minimum absolute atomic E-state index is 0.00258. The van der Waals surface area contributed by atoms with Crippen LogP contribution in [0.15, 0.2) is 29.2 Å². The van der Waals surface area contributed by atoms with Crippen LogP contribution in [0.3, 0.4) is 0 Å². The first-order valence-corrected chi connectivity index (χ1v) is 10.3. The Kier molecular flexibility index (Phi) is 6.95. The fourth-order valence-corrected chi connectivity index (χ4v) is 4.64. The van der Waals surface area contributed by atoms with Crippen molar-refractivity contribution in [3.05, 3.63) is 30.1 Å². The molecule has 1 aromatic carbocycles. The van der Waals surface area contributed by atoms with Crippen molar-refractivity contribution < 1.29 is 17.6 Å². The molecule has 1 aliphatic heterocycles. The first kappa shape index (κ1) is 19.8. The summed E-state index contributed by atoms with van der Waals surface area (Å²) in [4.78, 5) is 11.6. The highest BCUT2D eigenvalue weighted by atomic mass is 32.2. The molecule has 7 heteroatoms. The van der Waals surface area contributed by atoms with Crippen molar-refractivity contribution in [1.29, 1.82) is 0 Å². The lowest BCUT2D eigenvalue weighted by Gasteiger charge is -2.32. The predicted molar refractivity (Wildman–Crippen MR) is 95.0 cm³/mol. The Labute approximate surface area is 149 Å². The number of piperidine rings is 1. The second-order valence-corrected chi connectivity index (χ2v) is 8.94. The Morgan fingerprint density at radius 1 is 1.36 bits per heavy atom. The summed E-state index contributed by atoms with van der Waals surface area (Å²) in [6.45, 7) is 5.46. The van der Waals surface area contributed by atoms with Gasteiger partial charge in [-0.1, -0.05) is 26.0 Å². The standard InChI is InChI=1S/C18H27FN2O3S/c1-14(2)12-20-18(22)10-9-15-6-5-11-21(13-15)25(23,24)17-8-4-3-7-16(17)19/h3-4,7-8,14-15H,5-6,9-13H2,1-2H3,(H,20,22). The molecule has 0 saturated carbocycles. The number of carbonyl (C=O) groups excluding carboxylic acids is 1. The number of sulfonamides is 1. The largest absolute Gasteiger partial charge is 0.356 e. The van der Waals surface area contributed by atoms with Crippen LogP contribution in [0.25, 0.3) is 0 Å². The molecule has 0 aliphatic carbocycles. The van der Waals surface area contributed by atoms with Gasteiger partial charge >= 0.3 is 0 Å². The van der Waals surface area contributed by atoms with Gasteiger partial charge < -0.3 is 5.32 Å². The highest BCUT2D eigenvalue weighted by Crippen LogP contribution is 2.27. The van der Waals surface area contributed by atoms with Crippen molar-refractivity contribution in [2.75, 3.05) is 19.6 Å². The quantitative estimate of drug-likeness (QED) is 0.803. The number of carbonyl (C=O) groups is 1. The first-order chi connectivity index (χ1) is 11.8. The molecule has 1 heterocycles. The molecule has 1 aliphatic rings. The second kappa shape index (κ2) is 8.76. The Morgan fingerprint density at radius 3 is 2.76 bits per heavy atom. The van der Waals surface area contributed by atoms with E-state index in [1.54, 1.807) is 0 Å². The number of halogens is 1. The molecule has 1 saturated heterocycles. The fraction of sp³-hybridized carbons (Fsp3) is 0.611. The average Bonchev–Trinajstić information content (AvgIpc) is 2.58. The Morgan fingerprint density at radius 2 is 2.08 bits per heavy atom. The maximum atomic E-state index is 13.9. The third kappa shape index (κ3) is 5.51. The molecule has 2 rings (SSSR count). The topological polar surface area (TPSA) is 66.5 Å². The van der Waals surface area contributed by atoms with Gasteiger partial charge in [0.1, 0.15) is 10.7 Å². The van der Waals surface area contributed by atoms with Gasteiger partial charge in [-0.3, -0.25) is 4.79 Å². The van der Waals surface area contributed by atoms with Gasteiger partial charge in [0, 0.05) is 26.1 Å². The molecule has 1 fully saturated rings. The van der Waals surface area contributed by atoms with Crippen LogP contribution in [-0.4, -0.2) is 38.3 Å². The Balaban J connectivity index is 1.94. The van der Waals surface area contributed by atoms with E-state index < -0.39 is 15.8 Å². The van der Waals surface area contributed by atoms with Crippen molar-refractivity contribution in [3.63, 3.8) is 0 Å². The van der Waals surface area contributed by atoms with Gasteiger partial charge in [-0.25, -0.2) is 12.8 Å². The van der Waals surface area contributed by atoms with Crippen LogP contribution in [0.5, 0.6) is 0 Å². The molecule has 25 heavy (non-hydrogen) atoms. The number of hydrogen-bond donors (Lipinski definition) is 1. The molecule has 5 nitrogen and oxygen atoms in total. The number of nitrogens with one attached hydrogen (secondary N) is 1. The molecule has 0 aromatic heterocycles. The molecule has 1 aromatic rings. The molecule has 1 amide bonds. The van der Waals surface area contributed by atoms with Crippen molar-refractivity contribution >= 4 is 15.9 Å². The summed E-state index contributed by atoms with van der Waals surface area (Å²) in [5.41, 5.74) is 0. The fourth-order valence-electron chi connectivity index (χ4n) is 3.02. The summed E-state index contributed by atoms with van der Waals surface area (Å²) >= 11 is 0. The van der Waals surface area contributed by atoms with Crippen molar-refractivity contribution in [2.24, 2.45) is 11.8 Å². The van der Waals surface area contributed by atoms with Gasteiger partial charge in [0.05, 0.1) is 0 Å². The number of amides is 1. The summed E-state index contributed by atoms with van der Waals surface area (Å²) in [7, 11) is -3.83. The SMILES string of the molecule is CC(C)CNC(=O)CCC1CCCN(S(=O)(=O)c2ccccc2F)C1. The lowest BCUT2D eigenvalue weighted by atomic mass is 9.94. The number of nitrogens with zero attached hydrogens (tertiary/aromatic N) is 1. The van der Waals surface area contributed by atoms with Crippen LogP contribution in [0.2, 0.25) is 0 Å². The van der Waals surface area contributed by atoms with Gasteiger partial charge in [-0.2, -0.15) is 4.31 Å². The van der Waals surface area contributed by atoms with E-state index in [0.29, 0.717) is 38.4 Å². The van der Waals surface area contributed by atoms with Crippen molar-refractivity contribution in [3.8, 4) is 0 Å². The second-order valence-electron chi connectivity index (χ2n) is 7.04. The van der Waals surface area contributed by atoms with E-state index in [1.165, 1.54) is 22.5 Å². The van der Waals surface area contributed by atoms with E-state index >= 15 is 0 Å². The molecule has 1 unspecified atom stereocenters. The molecule has 0 spiro atoms. The highest BCUT2D eigenvalue weighted by Gasteiger charge is 2.31. The lowest BCUT2D eigenvalue weighted by Crippen LogP contribution is -2.40. The van der Waals surface area contributed by atoms with Crippen molar-refractivity contribution in [2.45, 2.75) is 44.4 Å². The highest BCUT2D eigenvalue weighted by molar-refractivity contribution is 7.89. The molecule has 0 bridgehead atoms. The van der Waals surface area contributed by atoms with Gasteiger partial charge in [0.2, 0.25) is 15.9 Å². The lowest BCUT2D eigenvalue weighted by molar-refractivity contribution is -0.121. The van der Waals surface area contributed by atoms with Gasteiger partial charge in [-0.05, 0) is 43.2 Å². The summed E-state index contributed by atoms with van der Waals surface area (Å²) in [5, 5.41) is 2.88. The number of rotatable bonds is 7. The van der Waals surface area contributed by atoms with Crippen LogP contribution >= 0.6 is 0 Å². The predicted octanol–water partition coefficient (Wildman–Crippen LogP) is 2.78. The number of hydrogen-bond acceptors (Lipinski definition) is 3. The molecular weight excluding hydrogens is 343 g/mol. The van der Waals surface area contributed by atoms with Crippen LogP contribution < -0.4 is 5.32 Å². The van der Waals surface area contributed by atoms with E-state index in [0.717, 1.165) is 18.9 Å². The Hall–Kier alpha value is -1.47. The first-order valence-electron chi connectivity index (χ1n) is 8.82. The van der Waals surface area contributed by atoms with Crippen LogP contribution in [0, 0.1) is 17.7 Å². The summed E-state index contributed by atoms with van der Waals surface area (Å²) in [6.07, 6.45) is 2.66. The minimum atomic E-state index is -3.83. The average molecular weight is 370 g/mol. The van der Waals surface area contributed by atoms with Crippen LogP contribution in [-0.2, 0) is 14.8 Å². The molecule has 1 N–H and O–H groups in total. The zero-order valence-electron chi connectivity index (χ0n) is 14.9. The van der Waals surface area contributed by atoms with Gasteiger partial charge in [0.25, 0.3) is 0 Å². The number of benzene rings is 1. The molecule has 140 valence electrons. The minimum Gasteiger partial charge on any atom is -0.356 e. The third-order valence-corrected chi connectivity index (χ3v) is 6.32.